The molecule has 7 heteroatoms. The van der Waals surface area contributed by atoms with Crippen LogP contribution in [-0.4, -0.2) is 10.2 Å². The van der Waals surface area contributed by atoms with Crippen LogP contribution in [0.25, 0.3) is 0 Å². The molecule has 2 N–H and O–H groups in total. The largest absolute Gasteiger partial charge is 0.483 e. The molecule has 0 amide bonds. The normalized spacial score (nSPS) is 10.4. The van der Waals surface area contributed by atoms with Gasteiger partial charge >= 0.3 is 6.01 Å². The molecule has 1 aromatic carbocycles. The number of nitrogen functional groups attached to an aromatic ring is 1. The van der Waals surface area contributed by atoms with Crippen LogP contribution < -0.4 is 10.5 Å². The fourth-order valence-corrected chi connectivity index (χ4v) is 1.85. The molecule has 0 radical (unpaired) electrons. The summed E-state index contributed by atoms with van der Waals surface area (Å²) < 4.78 is 11.1. The van der Waals surface area contributed by atoms with E-state index >= 15 is 0 Å². The lowest BCUT2D eigenvalue weighted by Gasteiger charge is -2.05. The highest BCUT2D eigenvalue weighted by atomic mass is 79.9. The number of ether oxygens (including phenoxy) is 1. The van der Waals surface area contributed by atoms with E-state index in [0.29, 0.717) is 16.7 Å². The van der Waals surface area contributed by atoms with Crippen LogP contribution in [-0.2, 0) is 6.61 Å². The van der Waals surface area contributed by atoms with Gasteiger partial charge in [0, 0.05) is 5.02 Å². The number of aromatic nitrogens is 2. The van der Waals surface area contributed by atoms with E-state index in [-0.39, 0.29) is 12.6 Å². The first-order chi connectivity index (χ1) is 7.65. The van der Waals surface area contributed by atoms with Gasteiger partial charge in [0.2, 0.25) is 0 Å². The summed E-state index contributed by atoms with van der Waals surface area (Å²) in [6, 6.07) is 5.23. The molecule has 16 heavy (non-hydrogen) atoms. The zero-order valence-corrected chi connectivity index (χ0v) is 10.3. The first-order valence-corrected chi connectivity index (χ1v) is 5.48. The molecule has 2 rings (SSSR count). The number of nitrogens with two attached hydrogens (primary N) is 1. The summed E-state index contributed by atoms with van der Waals surface area (Å²) >= 11 is 9.12. The van der Waals surface area contributed by atoms with Crippen molar-refractivity contribution in [1.82, 2.24) is 10.2 Å². The number of halogens is 2. The number of rotatable bonds is 3. The van der Waals surface area contributed by atoms with Gasteiger partial charge < -0.3 is 14.9 Å². The summed E-state index contributed by atoms with van der Waals surface area (Å²) in [7, 11) is 0. The maximum atomic E-state index is 5.79. The van der Waals surface area contributed by atoms with E-state index in [1.807, 2.05) is 0 Å². The average molecular weight is 305 g/mol. The molecule has 0 fully saturated rings. The van der Waals surface area contributed by atoms with Crippen molar-refractivity contribution in [2.45, 2.75) is 6.61 Å². The monoisotopic (exact) mass is 303 g/mol. The lowest BCUT2D eigenvalue weighted by atomic mass is 10.3. The SMILES string of the molecule is Nc1nnc(COc2ccc(Cl)cc2Br)o1. The molecule has 0 spiro atoms. The van der Waals surface area contributed by atoms with Gasteiger partial charge in [0.05, 0.1) is 4.47 Å². The Morgan fingerprint density at radius 3 is 2.88 bits per heavy atom. The van der Waals surface area contributed by atoms with Gasteiger partial charge in [-0.05, 0) is 34.1 Å². The van der Waals surface area contributed by atoms with Crippen molar-refractivity contribution in [2.24, 2.45) is 0 Å². The molecule has 0 aliphatic carbocycles. The maximum absolute atomic E-state index is 5.79. The van der Waals surface area contributed by atoms with Crippen LogP contribution in [0.5, 0.6) is 5.75 Å². The number of hydrogen-bond donors (Lipinski definition) is 1. The summed E-state index contributed by atoms with van der Waals surface area (Å²) in [4.78, 5) is 0. The molecule has 0 saturated heterocycles. The van der Waals surface area contributed by atoms with Crippen molar-refractivity contribution in [3.63, 3.8) is 0 Å². The molecule has 0 bridgehead atoms. The third-order valence-corrected chi connectivity index (χ3v) is 2.58. The third kappa shape index (κ3) is 2.65. The van der Waals surface area contributed by atoms with Crippen molar-refractivity contribution in [1.29, 1.82) is 0 Å². The molecule has 1 heterocycles. The van der Waals surface area contributed by atoms with Crippen LogP contribution >= 0.6 is 27.5 Å². The molecule has 84 valence electrons. The van der Waals surface area contributed by atoms with Gasteiger partial charge in [0.15, 0.2) is 6.61 Å². The highest BCUT2D eigenvalue weighted by Crippen LogP contribution is 2.28. The molecule has 1 aromatic heterocycles. The Morgan fingerprint density at radius 2 is 2.25 bits per heavy atom. The predicted octanol–water partition coefficient (Wildman–Crippen LogP) is 2.65. The minimum absolute atomic E-state index is 0.0220. The molecule has 0 aliphatic heterocycles. The summed E-state index contributed by atoms with van der Waals surface area (Å²) in [6.45, 7) is 0.157. The van der Waals surface area contributed by atoms with Gasteiger partial charge in [0.25, 0.3) is 5.89 Å². The topological polar surface area (TPSA) is 74.2 Å². The van der Waals surface area contributed by atoms with Crippen LogP contribution in [0.15, 0.2) is 27.1 Å². The van der Waals surface area contributed by atoms with E-state index < -0.39 is 0 Å². The lowest BCUT2D eigenvalue weighted by molar-refractivity contribution is 0.263. The summed E-state index contributed by atoms with van der Waals surface area (Å²) in [5, 5.41) is 7.81. The average Bonchev–Trinajstić information content (AvgIpc) is 2.63. The highest BCUT2D eigenvalue weighted by Gasteiger charge is 2.06. The van der Waals surface area contributed by atoms with Crippen LogP contribution in [0.4, 0.5) is 6.01 Å². The summed E-state index contributed by atoms with van der Waals surface area (Å²) in [5.41, 5.74) is 5.27. The fourth-order valence-electron chi connectivity index (χ4n) is 1.06. The molecular weight excluding hydrogens is 297 g/mol. The molecule has 0 saturated carbocycles. The van der Waals surface area contributed by atoms with Gasteiger partial charge in [-0.1, -0.05) is 16.7 Å². The van der Waals surface area contributed by atoms with E-state index in [1.165, 1.54) is 0 Å². The Hall–Kier alpha value is -1.27. The second kappa shape index (κ2) is 4.71. The van der Waals surface area contributed by atoms with E-state index in [0.717, 1.165) is 4.47 Å². The van der Waals surface area contributed by atoms with Gasteiger partial charge in [-0.3, -0.25) is 0 Å². The molecule has 0 atom stereocenters. The number of hydrogen-bond acceptors (Lipinski definition) is 5. The first kappa shape index (κ1) is 11.2. The standard InChI is InChI=1S/C9H7BrClN3O2/c10-6-3-5(11)1-2-7(6)15-4-8-13-14-9(12)16-8/h1-3H,4H2,(H2,12,14). The van der Waals surface area contributed by atoms with Gasteiger partial charge in [0.1, 0.15) is 5.75 Å². The van der Waals surface area contributed by atoms with Crippen molar-refractivity contribution < 1.29 is 9.15 Å². The Kier molecular flexibility index (Phi) is 3.31. The Labute approximate surface area is 105 Å². The molecule has 2 aromatic rings. The van der Waals surface area contributed by atoms with Crippen molar-refractivity contribution in [3.05, 3.63) is 33.6 Å². The van der Waals surface area contributed by atoms with Gasteiger partial charge in [-0.25, -0.2) is 0 Å². The quantitative estimate of drug-likeness (QED) is 0.943. The van der Waals surface area contributed by atoms with E-state index in [1.54, 1.807) is 18.2 Å². The van der Waals surface area contributed by atoms with Crippen LogP contribution in [0.1, 0.15) is 5.89 Å². The van der Waals surface area contributed by atoms with Crippen molar-refractivity contribution >= 4 is 33.5 Å². The van der Waals surface area contributed by atoms with Crippen LogP contribution in [0, 0.1) is 0 Å². The van der Waals surface area contributed by atoms with E-state index in [9.17, 15) is 0 Å². The zero-order chi connectivity index (χ0) is 11.5. The van der Waals surface area contributed by atoms with Crippen LogP contribution in [0.2, 0.25) is 5.02 Å². The second-order valence-corrected chi connectivity index (χ2v) is 4.19. The maximum Gasteiger partial charge on any atom is 0.312 e. The smallest absolute Gasteiger partial charge is 0.312 e. The van der Waals surface area contributed by atoms with Gasteiger partial charge in [-0.15, -0.1) is 5.10 Å². The number of benzene rings is 1. The van der Waals surface area contributed by atoms with Crippen molar-refractivity contribution in [2.75, 3.05) is 5.73 Å². The lowest BCUT2D eigenvalue weighted by Crippen LogP contribution is -1.96. The molecule has 0 unspecified atom stereocenters. The van der Waals surface area contributed by atoms with E-state index in [2.05, 4.69) is 26.1 Å². The van der Waals surface area contributed by atoms with E-state index in [4.69, 9.17) is 26.5 Å². The zero-order valence-electron chi connectivity index (χ0n) is 7.98. The van der Waals surface area contributed by atoms with Crippen LogP contribution in [0.3, 0.4) is 0 Å². The molecule has 5 nitrogen and oxygen atoms in total. The number of nitrogens with zero attached hydrogens (tertiary/aromatic N) is 2. The molecular formula is C9H7BrClN3O2. The fraction of sp³-hybridized carbons (Fsp3) is 0.111. The minimum atomic E-state index is 0.0220. The first-order valence-electron chi connectivity index (χ1n) is 4.31. The number of anilines is 1. The van der Waals surface area contributed by atoms with Crippen molar-refractivity contribution in [3.8, 4) is 5.75 Å². The predicted molar refractivity (Wildman–Crippen MR) is 62.2 cm³/mol. The Morgan fingerprint density at radius 1 is 1.44 bits per heavy atom. The second-order valence-electron chi connectivity index (χ2n) is 2.90. The summed E-state index contributed by atoms with van der Waals surface area (Å²) in [5.74, 6) is 0.959. The Bertz CT molecular complexity index is 503. The Balaban J connectivity index is 2.04. The molecule has 0 aliphatic rings. The minimum Gasteiger partial charge on any atom is -0.483 e. The third-order valence-electron chi connectivity index (χ3n) is 1.73. The highest BCUT2D eigenvalue weighted by molar-refractivity contribution is 9.10. The summed E-state index contributed by atoms with van der Waals surface area (Å²) in [6.07, 6.45) is 0. The van der Waals surface area contributed by atoms with Gasteiger partial charge in [-0.2, -0.15) is 0 Å².